The largest absolute Gasteiger partial charge is 0.310 e. The van der Waals surface area contributed by atoms with Gasteiger partial charge >= 0.3 is 0 Å². The van der Waals surface area contributed by atoms with Gasteiger partial charge in [-0.05, 0) is 43.4 Å². The first kappa shape index (κ1) is 10.7. The molecule has 0 aromatic rings. The van der Waals surface area contributed by atoms with Gasteiger partial charge in [0.05, 0.1) is 0 Å². The van der Waals surface area contributed by atoms with E-state index in [0.717, 1.165) is 11.8 Å². The van der Waals surface area contributed by atoms with Gasteiger partial charge in [0.15, 0.2) is 0 Å². The van der Waals surface area contributed by atoms with Gasteiger partial charge in [0.2, 0.25) is 0 Å². The van der Waals surface area contributed by atoms with Crippen LogP contribution in [0.25, 0.3) is 0 Å². The molecular weight excluding hydrogens is 201 g/mol. The second kappa shape index (κ2) is 3.34. The van der Waals surface area contributed by atoms with Crippen LogP contribution in [0.3, 0.4) is 0 Å². The lowest BCUT2D eigenvalue weighted by Crippen LogP contribution is -2.58. The van der Waals surface area contributed by atoms with E-state index in [1.54, 1.807) is 0 Å². The summed E-state index contributed by atoms with van der Waals surface area (Å²) in [5.41, 5.74) is -0.103. The average Bonchev–Trinajstić information content (AvgIpc) is 1.88. The molecule has 2 aliphatic carbocycles. The van der Waals surface area contributed by atoms with E-state index in [2.05, 4.69) is 5.32 Å². The molecule has 1 N–H and O–H groups in total. The zero-order valence-electron chi connectivity index (χ0n) is 8.52. The Kier molecular flexibility index (Phi) is 2.55. The van der Waals surface area contributed by atoms with Crippen LogP contribution in [-0.4, -0.2) is 18.8 Å². The first-order valence-corrected chi connectivity index (χ1v) is 5.60. The van der Waals surface area contributed by atoms with Crippen LogP contribution in [-0.2, 0) is 0 Å². The predicted molar refractivity (Wildman–Crippen MR) is 57.6 cm³/mol. The molecule has 0 unspecified atom stereocenters. The molecule has 0 aromatic carbocycles. The smallest absolute Gasteiger partial charge is 0.136 e. The number of hydrogen-bond donors (Lipinski definition) is 1. The van der Waals surface area contributed by atoms with E-state index in [-0.39, 0.29) is 12.4 Å². The Morgan fingerprint density at radius 1 is 1.21 bits per heavy atom. The third kappa shape index (κ3) is 1.57. The van der Waals surface area contributed by atoms with E-state index < -0.39 is 5.67 Å². The fourth-order valence-electron chi connectivity index (χ4n) is 3.45. The molecule has 0 aromatic heterocycles. The molecule has 3 heteroatoms. The highest BCUT2D eigenvalue weighted by Crippen LogP contribution is 2.60. The summed E-state index contributed by atoms with van der Waals surface area (Å²) in [6, 6.07) is 0. The Balaban J connectivity index is 0.000000750. The average molecular weight is 220 g/mol. The SMILES string of the molecule is Cl.FC1(CC2CC3(CCC3)C2)CNC1. The highest BCUT2D eigenvalue weighted by Gasteiger charge is 2.51. The second-order valence-corrected chi connectivity index (χ2v) is 5.59. The lowest BCUT2D eigenvalue weighted by Gasteiger charge is -2.56. The van der Waals surface area contributed by atoms with Crippen molar-refractivity contribution in [2.24, 2.45) is 11.3 Å². The number of nitrogens with one attached hydrogen (secondary N) is 1. The van der Waals surface area contributed by atoms with Crippen LogP contribution >= 0.6 is 12.4 Å². The Hall–Kier alpha value is 0.180. The molecular formula is C11H19ClFN. The summed E-state index contributed by atoms with van der Waals surface area (Å²) in [4.78, 5) is 0. The summed E-state index contributed by atoms with van der Waals surface area (Å²) in [7, 11) is 0. The maximum atomic E-state index is 13.7. The maximum Gasteiger partial charge on any atom is 0.136 e. The Morgan fingerprint density at radius 2 is 1.86 bits per heavy atom. The molecule has 0 atom stereocenters. The minimum atomic E-state index is -0.823. The van der Waals surface area contributed by atoms with E-state index in [9.17, 15) is 4.39 Å². The van der Waals surface area contributed by atoms with Crippen LogP contribution in [0, 0.1) is 11.3 Å². The summed E-state index contributed by atoms with van der Waals surface area (Å²) >= 11 is 0. The van der Waals surface area contributed by atoms with E-state index in [1.165, 1.54) is 32.1 Å². The lowest BCUT2D eigenvalue weighted by molar-refractivity contribution is -0.0598. The standard InChI is InChI=1S/C11H18FN.ClH/c12-11(7-13-8-11)6-9-4-10(5-9)2-1-3-10;/h9,13H,1-8H2;1H. The van der Waals surface area contributed by atoms with Gasteiger partial charge in [-0.25, -0.2) is 4.39 Å². The monoisotopic (exact) mass is 219 g/mol. The van der Waals surface area contributed by atoms with Gasteiger partial charge in [-0.15, -0.1) is 12.4 Å². The lowest BCUT2D eigenvalue weighted by atomic mass is 9.50. The first-order chi connectivity index (χ1) is 6.20. The Labute approximate surface area is 91.2 Å². The van der Waals surface area contributed by atoms with Gasteiger partial charge in [-0.1, -0.05) is 6.42 Å². The highest BCUT2D eigenvalue weighted by atomic mass is 35.5. The van der Waals surface area contributed by atoms with Gasteiger partial charge in [0.1, 0.15) is 5.67 Å². The van der Waals surface area contributed by atoms with Crippen molar-refractivity contribution in [3.05, 3.63) is 0 Å². The van der Waals surface area contributed by atoms with Crippen molar-refractivity contribution >= 4 is 12.4 Å². The van der Waals surface area contributed by atoms with Crippen molar-refractivity contribution in [2.45, 2.75) is 44.2 Å². The summed E-state index contributed by atoms with van der Waals surface area (Å²) in [5, 5.41) is 3.03. The van der Waals surface area contributed by atoms with Gasteiger partial charge < -0.3 is 5.32 Å². The third-order valence-electron chi connectivity index (χ3n) is 4.40. The fraction of sp³-hybridized carbons (Fsp3) is 1.00. The van der Waals surface area contributed by atoms with Crippen molar-refractivity contribution in [2.75, 3.05) is 13.1 Å². The second-order valence-electron chi connectivity index (χ2n) is 5.59. The number of hydrogen-bond acceptors (Lipinski definition) is 1. The van der Waals surface area contributed by atoms with Crippen LogP contribution in [0.2, 0.25) is 0 Å². The minimum Gasteiger partial charge on any atom is -0.310 e. The van der Waals surface area contributed by atoms with Crippen LogP contribution in [0.4, 0.5) is 4.39 Å². The predicted octanol–water partition coefficient (Wildman–Crippen LogP) is 2.69. The van der Waals surface area contributed by atoms with E-state index >= 15 is 0 Å². The molecule has 1 heterocycles. The summed E-state index contributed by atoms with van der Waals surface area (Å²) in [6.07, 6.45) is 7.79. The molecule has 1 saturated heterocycles. The molecule has 2 saturated carbocycles. The van der Waals surface area contributed by atoms with Crippen molar-refractivity contribution in [1.82, 2.24) is 5.32 Å². The van der Waals surface area contributed by atoms with Gasteiger partial charge in [0, 0.05) is 13.1 Å². The highest BCUT2D eigenvalue weighted by molar-refractivity contribution is 5.85. The van der Waals surface area contributed by atoms with Crippen molar-refractivity contribution in [3.8, 4) is 0 Å². The molecule has 82 valence electrons. The Bertz CT molecular complexity index is 215. The number of halogens is 2. The fourth-order valence-corrected chi connectivity index (χ4v) is 3.45. The quantitative estimate of drug-likeness (QED) is 0.753. The van der Waals surface area contributed by atoms with Crippen molar-refractivity contribution in [3.63, 3.8) is 0 Å². The molecule has 1 nitrogen and oxygen atoms in total. The molecule has 0 bridgehead atoms. The summed E-state index contributed by atoms with van der Waals surface area (Å²) < 4.78 is 13.7. The minimum absolute atomic E-state index is 0. The zero-order valence-corrected chi connectivity index (χ0v) is 9.34. The molecule has 3 fully saturated rings. The first-order valence-electron chi connectivity index (χ1n) is 5.60. The molecule has 3 aliphatic rings. The number of alkyl halides is 1. The molecule has 1 spiro atoms. The third-order valence-corrected chi connectivity index (χ3v) is 4.40. The van der Waals surface area contributed by atoms with Crippen molar-refractivity contribution < 1.29 is 4.39 Å². The van der Waals surface area contributed by atoms with Crippen LogP contribution in [0.5, 0.6) is 0 Å². The van der Waals surface area contributed by atoms with Gasteiger partial charge in [0.25, 0.3) is 0 Å². The van der Waals surface area contributed by atoms with Crippen LogP contribution in [0.1, 0.15) is 38.5 Å². The van der Waals surface area contributed by atoms with Crippen LogP contribution < -0.4 is 5.32 Å². The topological polar surface area (TPSA) is 12.0 Å². The molecule has 1 aliphatic heterocycles. The maximum absolute atomic E-state index is 13.7. The van der Waals surface area contributed by atoms with Crippen molar-refractivity contribution in [1.29, 1.82) is 0 Å². The summed E-state index contributed by atoms with van der Waals surface area (Å²) in [6.45, 7) is 1.22. The van der Waals surface area contributed by atoms with Crippen LogP contribution in [0.15, 0.2) is 0 Å². The van der Waals surface area contributed by atoms with Gasteiger partial charge in [-0.3, -0.25) is 0 Å². The normalized spacial score (nSPS) is 32.4. The molecule has 0 radical (unpaired) electrons. The van der Waals surface area contributed by atoms with E-state index in [4.69, 9.17) is 0 Å². The zero-order chi connectivity index (χ0) is 8.94. The molecule has 14 heavy (non-hydrogen) atoms. The summed E-state index contributed by atoms with van der Waals surface area (Å²) in [5.74, 6) is 0.715. The molecule has 3 rings (SSSR count). The van der Waals surface area contributed by atoms with E-state index in [0.29, 0.717) is 19.0 Å². The van der Waals surface area contributed by atoms with Gasteiger partial charge in [-0.2, -0.15) is 0 Å². The Morgan fingerprint density at radius 3 is 2.21 bits per heavy atom. The molecule has 0 amide bonds. The number of rotatable bonds is 2. The van der Waals surface area contributed by atoms with E-state index in [1.807, 2.05) is 0 Å².